The van der Waals surface area contributed by atoms with E-state index in [0.717, 1.165) is 0 Å². The number of methoxy groups -OCH3 is 2. The van der Waals surface area contributed by atoms with Gasteiger partial charge in [0.15, 0.2) is 17.2 Å². The van der Waals surface area contributed by atoms with Gasteiger partial charge >= 0.3 is 0 Å². The van der Waals surface area contributed by atoms with E-state index in [9.17, 15) is 4.79 Å². The minimum atomic E-state index is -0.550. The molecule has 1 amide bonds. The zero-order valence-electron chi connectivity index (χ0n) is 14.7. The Balaban J connectivity index is 1.72. The molecule has 0 unspecified atom stereocenters. The number of ether oxygens (including phenoxy) is 2. The molecule has 3 N–H and O–H groups in total. The summed E-state index contributed by atoms with van der Waals surface area (Å²) < 4.78 is 16.1. The van der Waals surface area contributed by atoms with Crippen LogP contribution in [0.25, 0.3) is 5.82 Å². The largest absolute Gasteiger partial charge is 0.493 e. The highest BCUT2D eigenvalue weighted by molar-refractivity contribution is 5.94. The van der Waals surface area contributed by atoms with Gasteiger partial charge in [0.1, 0.15) is 0 Å². The topological polar surface area (TPSA) is 156 Å². The molecule has 0 atom stereocenters. The van der Waals surface area contributed by atoms with Crippen molar-refractivity contribution in [3.05, 3.63) is 35.2 Å². The molecule has 0 aliphatic rings. The van der Waals surface area contributed by atoms with Crippen LogP contribution in [0.1, 0.15) is 21.7 Å². The van der Waals surface area contributed by atoms with E-state index in [0.29, 0.717) is 22.8 Å². The Morgan fingerprint density at radius 3 is 2.74 bits per heavy atom. The van der Waals surface area contributed by atoms with E-state index in [4.69, 9.17) is 15.2 Å². The van der Waals surface area contributed by atoms with E-state index in [1.807, 2.05) is 0 Å². The van der Waals surface area contributed by atoms with Crippen molar-refractivity contribution in [2.45, 2.75) is 6.92 Å². The van der Waals surface area contributed by atoms with E-state index in [2.05, 4.69) is 35.8 Å². The Bertz CT molecular complexity index is 994. The molecule has 0 saturated carbocycles. The van der Waals surface area contributed by atoms with Crippen molar-refractivity contribution in [2.75, 3.05) is 20.0 Å². The Morgan fingerprint density at radius 2 is 2.07 bits per heavy atom. The summed E-state index contributed by atoms with van der Waals surface area (Å²) in [5, 5.41) is 18.6. The average molecular weight is 372 g/mol. The van der Waals surface area contributed by atoms with Gasteiger partial charge in [-0.1, -0.05) is 5.21 Å². The summed E-state index contributed by atoms with van der Waals surface area (Å²) in [6, 6.07) is 5.21. The highest BCUT2D eigenvalue weighted by Crippen LogP contribution is 2.26. The Hall–Kier alpha value is -3.96. The van der Waals surface area contributed by atoms with E-state index in [1.54, 1.807) is 32.2 Å². The highest BCUT2D eigenvalue weighted by Gasteiger charge is 2.20. The number of nitrogens with two attached hydrogens (primary N) is 1. The van der Waals surface area contributed by atoms with Crippen LogP contribution in [0.2, 0.25) is 0 Å². The van der Waals surface area contributed by atoms with Gasteiger partial charge in [0.05, 0.1) is 26.1 Å². The van der Waals surface area contributed by atoms with E-state index in [-0.39, 0.29) is 17.3 Å². The summed E-state index contributed by atoms with van der Waals surface area (Å²) in [7, 11) is 3.08. The molecule has 12 nitrogen and oxygen atoms in total. The molecule has 2 aromatic heterocycles. The predicted molar refractivity (Wildman–Crippen MR) is 93.0 cm³/mol. The maximum absolute atomic E-state index is 12.3. The summed E-state index contributed by atoms with van der Waals surface area (Å²) in [6.45, 7) is 1.63. The molecule has 0 saturated heterocycles. The molecule has 1 aromatic carbocycles. The van der Waals surface area contributed by atoms with Crippen LogP contribution in [0.5, 0.6) is 11.5 Å². The van der Waals surface area contributed by atoms with Crippen molar-refractivity contribution in [3.63, 3.8) is 0 Å². The van der Waals surface area contributed by atoms with Gasteiger partial charge in [0.25, 0.3) is 5.91 Å². The van der Waals surface area contributed by atoms with E-state index >= 15 is 0 Å². The van der Waals surface area contributed by atoms with Crippen molar-refractivity contribution in [3.8, 4) is 17.3 Å². The number of hydrogen-bond donors (Lipinski definition) is 2. The van der Waals surface area contributed by atoms with Crippen LogP contribution < -0.4 is 20.6 Å². The van der Waals surface area contributed by atoms with Crippen molar-refractivity contribution < 1.29 is 18.9 Å². The number of aromatic nitrogens is 5. The first-order valence-electron chi connectivity index (χ1n) is 7.61. The second kappa shape index (κ2) is 7.51. The van der Waals surface area contributed by atoms with Crippen molar-refractivity contribution >= 4 is 17.9 Å². The zero-order valence-corrected chi connectivity index (χ0v) is 14.7. The fraction of sp³-hybridized carbons (Fsp3) is 0.200. The molecule has 0 spiro atoms. The molecule has 0 bridgehead atoms. The van der Waals surface area contributed by atoms with Gasteiger partial charge in [-0.3, -0.25) is 4.79 Å². The molecular formula is C15H16N8O4. The summed E-state index contributed by atoms with van der Waals surface area (Å²) in [5.41, 5.74) is 9.16. The first-order valence-corrected chi connectivity index (χ1v) is 7.61. The van der Waals surface area contributed by atoms with Crippen LogP contribution in [0.4, 0.5) is 5.82 Å². The second-order valence-corrected chi connectivity index (χ2v) is 5.22. The molecular weight excluding hydrogens is 356 g/mol. The summed E-state index contributed by atoms with van der Waals surface area (Å²) >= 11 is 0. The Kier molecular flexibility index (Phi) is 4.97. The lowest BCUT2D eigenvalue weighted by Gasteiger charge is -2.07. The molecule has 3 rings (SSSR count). The second-order valence-electron chi connectivity index (χ2n) is 5.22. The normalized spacial score (nSPS) is 10.9. The van der Waals surface area contributed by atoms with Gasteiger partial charge < -0.3 is 15.2 Å². The first kappa shape index (κ1) is 17.8. The number of carbonyl (C=O) groups excluding carboxylic acids is 1. The average Bonchev–Trinajstić information content (AvgIpc) is 3.26. The fourth-order valence-corrected chi connectivity index (χ4v) is 2.23. The third-order valence-electron chi connectivity index (χ3n) is 3.59. The summed E-state index contributed by atoms with van der Waals surface area (Å²) in [5.74, 6) is 0.762. The SMILES string of the molecule is COc1ccc(/C=N\NC(=O)c2nnn(-c3nonc3N)c2C)cc1OC. The van der Waals surface area contributed by atoms with Crippen molar-refractivity contribution in [1.82, 2.24) is 30.7 Å². The van der Waals surface area contributed by atoms with Gasteiger partial charge in [0.2, 0.25) is 11.6 Å². The van der Waals surface area contributed by atoms with Crippen molar-refractivity contribution in [2.24, 2.45) is 5.10 Å². The number of hydrazone groups is 1. The standard InChI is InChI=1S/C15H16N8O4/c1-8-12(18-22-23(8)14-13(16)20-27-21-14)15(24)19-17-7-9-4-5-10(25-2)11(6-9)26-3/h4-7H,1-3H3,(H2,16,20)(H,19,24)/b17-7-. The number of nitrogens with zero attached hydrogens (tertiary/aromatic N) is 6. The van der Waals surface area contributed by atoms with Gasteiger partial charge in [-0.05, 0) is 41.0 Å². The molecule has 140 valence electrons. The number of nitrogens with one attached hydrogen (secondary N) is 1. The van der Waals surface area contributed by atoms with Gasteiger partial charge in [-0.25, -0.2) is 10.1 Å². The van der Waals surface area contributed by atoms with Crippen LogP contribution in [0, 0.1) is 6.92 Å². The summed E-state index contributed by atoms with van der Waals surface area (Å²) in [4.78, 5) is 12.3. The van der Waals surface area contributed by atoms with Gasteiger partial charge in [-0.2, -0.15) is 9.78 Å². The van der Waals surface area contributed by atoms with E-state index in [1.165, 1.54) is 18.0 Å². The lowest BCUT2D eigenvalue weighted by Crippen LogP contribution is -2.19. The molecule has 0 aliphatic heterocycles. The Labute approximate surface area is 152 Å². The zero-order chi connectivity index (χ0) is 19.4. The highest BCUT2D eigenvalue weighted by atomic mass is 16.6. The minimum absolute atomic E-state index is 0.0291. The molecule has 3 aromatic rings. The molecule has 12 heteroatoms. The lowest BCUT2D eigenvalue weighted by molar-refractivity contribution is 0.0949. The molecule has 2 heterocycles. The van der Waals surface area contributed by atoms with Crippen LogP contribution in [0.3, 0.4) is 0 Å². The maximum atomic E-state index is 12.3. The molecule has 0 aliphatic carbocycles. The smallest absolute Gasteiger partial charge is 0.293 e. The maximum Gasteiger partial charge on any atom is 0.293 e. The lowest BCUT2D eigenvalue weighted by atomic mass is 10.2. The van der Waals surface area contributed by atoms with Crippen molar-refractivity contribution in [1.29, 1.82) is 0 Å². The Morgan fingerprint density at radius 1 is 1.30 bits per heavy atom. The summed E-state index contributed by atoms with van der Waals surface area (Å²) in [6.07, 6.45) is 1.46. The number of carbonyl (C=O) groups is 1. The first-order chi connectivity index (χ1) is 13.0. The number of rotatable bonds is 6. The van der Waals surface area contributed by atoms with Crippen LogP contribution in [-0.4, -0.2) is 51.6 Å². The van der Waals surface area contributed by atoms with E-state index < -0.39 is 5.91 Å². The minimum Gasteiger partial charge on any atom is -0.493 e. The number of benzene rings is 1. The van der Waals surface area contributed by atoms with Gasteiger partial charge in [0, 0.05) is 0 Å². The number of nitrogen functional groups attached to an aromatic ring is 1. The quantitative estimate of drug-likeness (QED) is 0.459. The van der Waals surface area contributed by atoms with Crippen LogP contribution >= 0.6 is 0 Å². The third-order valence-corrected chi connectivity index (χ3v) is 3.59. The number of anilines is 1. The van der Waals surface area contributed by atoms with Crippen LogP contribution in [-0.2, 0) is 0 Å². The molecule has 27 heavy (non-hydrogen) atoms. The van der Waals surface area contributed by atoms with Gasteiger partial charge in [-0.15, -0.1) is 5.10 Å². The monoisotopic (exact) mass is 372 g/mol. The van der Waals surface area contributed by atoms with Crippen LogP contribution in [0.15, 0.2) is 27.9 Å². The molecule has 0 fully saturated rings. The fourth-order valence-electron chi connectivity index (χ4n) is 2.23. The third kappa shape index (κ3) is 3.53. The predicted octanol–water partition coefficient (Wildman–Crippen LogP) is 0.322. The molecule has 0 radical (unpaired) electrons. The number of hydrogen-bond acceptors (Lipinski definition) is 10. The number of amides is 1.